The SMILES string of the molecule is O=C(O)[C@](O)(c1ccccc1)[C@H]1CCC(O)C1. The largest absolute Gasteiger partial charge is 0.479 e. The summed E-state index contributed by atoms with van der Waals surface area (Å²) in [6.45, 7) is 0. The molecule has 3 N–H and O–H groups in total. The van der Waals surface area contributed by atoms with Gasteiger partial charge in [0.1, 0.15) is 0 Å². The summed E-state index contributed by atoms with van der Waals surface area (Å²) < 4.78 is 0. The van der Waals surface area contributed by atoms with Crippen molar-refractivity contribution in [1.29, 1.82) is 0 Å². The number of benzene rings is 1. The molecule has 0 heterocycles. The third-order valence-corrected chi connectivity index (χ3v) is 3.54. The first-order valence-corrected chi connectivity index (χ1v) is 5.74. The molecule has 1 aliphatic rings. The molecule has 4 heteroatoms. The van der Waals surface area contributed by atoms with E-state index >= 15 is 0 Å². The van der Waals surface area contributed by atoms with Crippen LogP contribution in [0.25, 0.3) is 0 Å². The average Bonchev–Trinajstić information content (AvgIpc) is 2.76. The van der Waals surface area contributed by atoms with Crippen molar-refractivity contribution in [1.82, 2.24) is 0 Å². The maximum atomic E-state index is 11.4. The van der Waals surface area contributed by atoms with Gasteiger partial charge in [0.25, 0.3) is 0 Å². The first-order valence-electron chi connectivity index (χ1n) is 5.74. The zero-order valence-electron chi connectivity index (χ0n) is 9.41. The van der Waals surface area contributed by atoms with Crippen LogP contribution in [0.15, 0.2) is 30.3 Å². The van der Waals surface area contributed by atoms with Crippen LogP contribution in [0.4, 0.5) is 0 Å². The van der Waals surface area contributed by atoms with Crippen LogP contribution >= 0.6 is 0 Å². The summed E-state index contributed by atoms with van der Waals surface area (Å²) in [4.78, 5) is 11.4. The molecule has 1 aromatic carbocycles. The van der Waals surface area contributed by atoms with Crippen LogP contribution in [0.3, 0.4) is 0 Å². The fourth-order valence-electron chi connectivity index (χ4n) is 2.56. The Morgan fingerprint density at radius 3 is 2.35 bits per heavy atom. The summed E-state index contributed by atoms with van der Waals surface area (Å²) in [6.07, 6.45) is 0.901. The molecular weight excluding hydrogens is 220 g/mol. The minimum Gasteiger partial charge on any atom is -0.479 e. The Balaban J connectivity index is 2.37. The van der Waals surface area contributed by atoms with Gasteiger partial charge in [0.05, 0.1) is 6.10 Å². The number of hydrogen-bond donors (Lipinski definition) is 3. The molecule has 1 fully saturated rings. The summed E-state index contributed by atoms with van der Waals surface area (Å²) in [6, 6.07) is 8.40. The molecule has 2 rings (SSSR count). The van der Waals surface area contributed by atoms with E-state index in [-0.39, 0.29) is 0 Å². The molecule has 0 bridgehead atoms. The van der Waals surface area contributed by atoms with Gasteiger partial charge in [-0.1, -0.05) is 30.3 Å². The van der Waals surface area contributed by atoms with E-state index < -0.39 is 23.6 Å². The number of carboxylic acid groups (broad SMARTS) is 1. The van der Waals surface area contributed by atoms with E-state index in [4.69, 9.17) is 0 Å². The molecule has 4 nitrogen and oxygen atoms in total. The van der Waals surface area contributed by atoms with E-state index in [1.165, 1.54) is 0 Å². The molecule has 1 aromatic rings. The second-order valence-corrected chi connectivity index (χ2v) is 4.60. The standard InChI is InChI=1S/C13H16O4/c14-11-7-6-10(8-11)13(17,12(15)16)9-4-2-1-3-5-9/h1-5,10-11,14,17H,6-8H2,(H,15,16)/t10-,11?,13-/m0/s1. The highest BCUT2D eigenvalue weighted by molar-refractivity contribution is 5.79. The molecule has 0 aromatic heterocycles. The number of aliphatic hydroxyl groups excluding tert-OH is 1. The first kappa shape index (κ1) is 12.1. The number of aliphatic carboxylic acids is 1. The normalized spacial score (nSPS) is 27.6. The number of carboxylic acids is 1. The van der Waals surface area contributed by atoms with Gasteiger partial charge in [0.2, 0.25) is 0 Å². The first-order chi connectivity index (χ1) is 8.05. The van der Waals surface area contributed by atoms with Gasteiger partial charge in [-0.05, 0) is 24.8 Å². The van der Waals surface area contributed by atoms with Crippen LogP contribution < -0.4 is 0 Å². The van der Waals surface area contributed by atoms with Gasteiger partial charge < -0.3 is 15.3 Å². The quantitative estimate of drug-likeness (QED) is 0.735. The van der Waals surface area contributed by atoms with Crippen molar-refractivity contribution in [2.75, 3.05) is 0 Å². The van der Waals surface area contributed by atoms with Gasteiger partial charge in [-0.3, -0.25) is 0 Å². The topological polar surface area (TPSA) is 77.8 Å². The van der Waals surface area contributed by atoms with Crippen LogP contribution in [0.1, 0.15) is 24.8 Å². The molecular formula is C13H16O4. The molecule has 3 atom stereocenters. The molecule has 0 spiro atoms. The summed E-state index contributed by atoms with van der Waals surface area (Å²) in [5.74, 6) is -1.68. The van der Waals surface area contributed by atoms with Crippen LogP contribution in [0.5, 0.6) is 0 Å². The van der Waals surface area contributed by atoms with Gasteiger partial charge in [0.15, 0.2) is 5.60 Å². The van der Waals surface area contributed by atoms with E-state index in [1.807, 2.05) is 0 Å². The summed E-state index contributed by atoms with van der Waals surface area (Å²) in [5, 5.41) is 29.3. The van der Waals surface area contributed by atoms with Gasteiger partial charge in [-0.15, -0.1) is 0 Å². The Morgan fingerprint density at radius 2 is 1.88 bits per heavy atom. The van der Waals surface area contributed by atoms with Crippen molar-refractivity contribution in [3.05, 3.63) is 35.9 Å². The van der Waals surface area contributed by atoms with Crippen LogP contribution in [0.2, 0.25) is 0 Å². The van der Waals surface area contributed by atoms with E-state index in [9.17, 15) is 20.1 Å². The van der Waals surface area contributed by atoms with Crippen molar-refractivity contribution in [2.45, 2.75) is 31.0 Å². The summed E-state index contributed by atoms with van der Waals surface area (Å²) in [5.41, 5.74) is -1.51. The average molecular weight is 236 g/mol. The predicted molar refractivity (Wildman–Crippen MR) is 61.3 cm³/mol. The Kier molecular flexibility index (Phi) is 3.17. The molecule has 17 heavy (non-hydrogen) atoms. The van der Waals surface area contributed by atoms with Gasteiger partial charge >= 0.3 is 5.97 Å². The van der Waals surface area contributed by atoms with E-state index in [0.29, 0.717) is 24.8 Å². The number of hydrogen-bond acceptors (Lipinski definition) is 3. The number of aliphatic hydroxyl groups is 2. The van der Waals surface area contributed by atoms with Crippen molar-refractivity contribution in [2.24, 2.45) is 5.92 Å². The highest BCUT2D eigenvalue weighted by Crippen LogP contribution is 2.40. The number of rotatable bonds is 3. The zero-order valence-corrected chi connectivity index (χ0v) is 9.41. The van der Waals surface area contributed by atoms with Crippen molar-refractivity contribution in [3.63, 3.8) is 0 Å². The van der Waals surface area contributed by atoms with Crippen molar-refractivity contribution >= 4 is 5.97 Å². The fourth-order valence-corrected chi connectivity index (χ4v) is 2.56. The minimum absolute atomic E-state index is 0.331. The Morgan fingerprint density at radius 1 is 1.24 bits per heavy atom. The van der Waals surface area contributed by atoms with E-state index in [2.05, 4.69) is 0 Å². The van der Waals surface area contributed by atoms with Crippen LogP contribution in [-0.4, -0.2) is 27.4 Å². The second-order valence-electron chi connectivity index (χ2n) is 4.60. The van der Waals surface area contributed by atoms with E-state index in [1.54, 1.807) is 30.3 Å². The third kappa shape index (κ3) is 2.06. The predicted octanol–water partition coefficient (Wildman–Crippen LogP) is 1.12. The molecule has 0 amide bonds. The second kappa shape index (κ2) is 4.47. The van der Waals surface area contributed by atoms with Crippen molar-refractivity contribution < 1.29 is 20.1 Å². The maximum absolute atomic E-state index is 11.4. The fraction of sp³-hybridized carbons (Fsp3) is 0.462. The van der Waals surface area contributed by atoms with Crippen LogP contribution in [-0.2, 0) is 10.4 Å². The monoisotopic (exact) mass is 236 g/mol. The highest BCUT2D eigenvalue weighted by Gasteiger charge is 2.48. The Hall–Kier alpha value is -1.39. The Bertz CT molecular complexity index is 403. The lowest BCUT2D eigenvalue weighted by Crippen LogP contribution is -2.42. The molecule has 1 aliphatic carbocycles. The maximum Gasteiger partial charge on any atom is 0.340 e. The van der Waals surface area contributed by atoms with Gasteiger partial charge in [0, 0.05) is 5.92 Å². The summed E-state index contributed by atoms with van der Waals surface area (Å²) in [7, 11) is 0. The smallest absolute Gasteiger partial charge is 0.340 e. The molecule has 92 valence electrons. The molecule has 0 saturated heterocycles. The highest BCUT2D eigenvalue weighted by atomic mass is 16.4. The molecule has 0 radical (unpaired) electrons. The molecule has 1 saturated carbocycles. The molecule has 0 aliphatic heterocycles. The summed E-state index contributed by atoms with van der Waals surface area (Å²) >= 11 is 0. The van der Waals surface area contributed by atoms with Crippen LogP contribution in [0, 0.1) is 5.92 Å². The lowest BCUT2D eigenvalue weighted by Gasteiger charge is -2.30. The lowest BCUT2D eigenvalue weighted by molar-refractivity contribution is -0.166. The van der Waals surface area contributed by atoms with Gasteiger partial charge in [-0.2, -0.15) is 0 Å². The third-order valence-electron chi connectivity index (χ3n) is 3.54. The zero-order chi connectivity index (χ0) is 12.5. The van der Waals surface area contributed by atoms with E-state index in [0.717, 1.165) is 0 Å². The van der Waals surface area contributed by atoms with Crippen molar-refractivity contribution in [3.8, 4) is 0 Å². The number of carbonyl (C=O) groups is 1. The van der Waals surface area contributed by atoms with Gasteiger partial charge in [-0.25, -0.2) is 4.79 Å². The minimum atomic E-state index is -1.89. The molecule has 1 unspecified atom stereocenters. The lowest BCUT2D eigenvalue weighted by atomic mass is 9.80. The Labute approximate surface area is 99.5 Å².